The van der Waals surface area contributed by atoms with Crippen molar-refractivity contribution in [1.29, 1.82) is 0 Å². The quantitative estimate of drug-likeness (QED) is 0.602. The maximum Gasteiger partial charge on any atom is 0.000400 e. The van der Waals surface area contributed by atoms with E-state index in [0.29, 0.717) is 11.3 Å². The molecule has 0 spiro atoms. The molecule has 2 rings (SSSR count). The van der Waals surface area contributed by atoms with E-state index in [1.807, 2.05) is 0 Å². The molecule has 0 saturated heterocycles. The lowest BCUT2D eigenvalue weighted by molar-refractivity contribution is 0.269. The molecule has 1 aliphatic rings. The molecule has 1 aromatic rings. The van der Waals surface area contributed by atoms with Crippen molar-refractivity contribution in [2.75, 3.05) is 0 Å². The predicted octanol–water partition coefficient (Wildman–Crippen LogP) is 5.17. The molecule has 18 heavy (non-hydrogen) atoms. The summed E-state index contributed by atoms with van der Waals surface area (Å²) in [4.78, 5) is 0. The highest BCUT2D eigenvalue weighted by Gasteiger charge is 2.25. The van der Waals surface area contributed by atoms with Crippen LogP contribution in [0.5, 0.6) is 0 Å². The van der Waals surface area contributed by atoms with Crippen LogP contribution < -0.4 is 0 Å². The largest absolute Gasteiger partial charge is 0.0771 e. The number of benzene rings is 1. The summed E-state index contributed by atoms with van der Waals surface area (Å²) in [6.07, 6.45) is 14.2. The molecule has 0 nitrogen and oxygen atoms in total. The second-order valence-corrected chi connectivity index (χ2v) is 5.98. The molecular formula is C18H24. The molecule has 1 aromatic carbocycles. The summed E-state index contributed by atoms with van der Waals surface area (Å²) in [6.45, 7) is 4.78. The fourth-order valence-corrected chi connectivity index (χ4v) is 2.67. The third-order valence-electron chi connectivity index (χ3n) is 4.03. The Morgan fingerprint density at radius 1 is 0.944 bits per heavy atom. The minimum Gasteiger partial charge on any atom is -0.0771 e. The van der Waals surface area contributed by atoms with Gasteiger partial charge in [-0.1, -0.05) is 74.9 Å². The lowest BCUT2D eigenvalue weighted by Gasteiger charge is -2.29. The molecule has 0 heteroatoms. The Kier molecular flexibility index (Phi) is 4.41. The summed E-state index contributed by atoms with van der Waals surface area (Å²) in [5.41, 5.74) is 1.87. The summed E-state index contributed by atoms with van der Waals surface area (Å²) in [5, 5.41) is 0. The van der Waals surface area contributed by atoms with E-state index in [1.54, 1.807) is 0 Å². The van der Waals surface area contributed by atoms with Crippen LogP contribution in [0.1, 0.15) is 38.7 Å². The van der Waals surface area contributed by atoms with Crippen LogP contribution in [0.15, 0.2) is 54.6 Å². The SMILES string of the molecule is CC(C)(CCCCc1ccccc1)C1C=CC=C1. The van der Waals surface area contributed by atoms with Crippen molar-refractivity contribution in [3.05, 3.63) is 60.2 Å². The van der Waals surface area contributed by atoms with E-state index in [0.717, 1.165) is 0 Å². The first-order chi connectivity index (χ1) is 8.68. The first-order valence-electron chi connectivity index (χ1n) is 7.07. The zero-order valence-electron chi connectivity index (χ0n) is 11.6. The third kappa shape index (κ3) is 3.60. The molecule has 1 aliphatic carbocycles. The van der Waals surface area contributed by atoms with E-state index >= 15 is 0 Å². The Labute approximate surface area is 111 Å². The number of allylic oxidation sites excluding steroid dienone is 4. The average Bonchev–Trinajstić information content (AvgIpc) is 2.91. The molecule has 96 valence electrons. The topological polar surface area (TPSA) is 0 Å². The summed E-state index contributed by atoms with van der Waals surface area (Å²) in [5.74, 6) is 0.634. The average molecular weight is 240 g/mol. The zero-order chi connectivity index (χ0) is 12.8. The van der Waals surface area contributed by atoms with E-state index in [9.17, 15) is 0 Å². The second-order valence-electron chi connectivity index (χ2n) is 5.98. The number of unbranched alkanes of at least 4 members (excludes halogenated alkanes) is 1. The predicted molar refractivity (Wildman–Crippen MR) is 79.5 cm³/mol. The van der Waals surface area contributed by atoms with E-state index in [-0.39, 0.29) is 0 Å². The van der Waals surface area contributed by atoms with E-state index in [1.165, 1.54) is 31.2 Å². The summed E-state index contributed by atoms with van der Waals surface area (Å²) in [6, 6.07) is 10.8. The Bertz CT molecular complexity index is 397. The van der Waals surface area contributed by atoms with Crippen LogP contribution in [0.25, 0.3) is 0 Å². The number of aryl methyl sites for hydroxylation is 1. The molecular weight excluding hydrogens is 216 g/mol. The van der Waals surface area contributed by atoms with Crippen LogP contribution in [-0.2, 0) is 6.42 Å². The van der Waals surface area contributed by atoms with Gasteiger partial charge in [0.25, 0.3) is 0 Å². The van der Waals surface area contributed by atoms with Crippen LogP contribution in [0.2, 0.25) is 0 Å². The van der Waals surface area contributed by atoms with Crippen molar-refractivity contribution < 1.29 is 0 Å². The van der Waals surface area contributed by atoms with Gasteiger partial charge in [-0.2, -0.15) is 0 Å². The fraction of sp³-hybridized carbons (Fsp3) is 0.444. The lowest BCUT2D eigenvalue weighted by atomic mass is 9.75. The van der Waals surface area contributed by atoms with Gasteiger partial charge in [0.05, 0.1) is 0 Å². The Balaban J connectivity index is 1.72. The van der Waals surface area contributed by atoms with Gasteiger partial charge in [0.15, 0.2) is 0 Å². The maximum atomic E-state index is 2.39. The van der Waals surface area contributed by atoms with Crippen molar-refractivity contribution in [2.24, 2.45) is 11.3 Å². The van der Waals surface area contributed by atoms with Gasteiger partial charge < -0.3 is 0 Å². The smallest absolute Gasteiger partial charge is 0.000400 e. The van der Waals surface area contributed by atoms with Crippen molar-refractivity contribution in [1.82, 2.24) is 0 Å². The minimum atomic E-state index is 0.403. The van der Waals surface area contributed by atoms with Gasteiger partial charge in [0.2, 0.25) is 0 Å². The molecule has 0 bridgehead atoms. The van der Waals surface area contributed by atoms with Crippen LogP contribution in [-0.4, -0.2) is 0 Å². The molecule has 0 amide bonds. The van der Waals surface area contributed by atoms with Gasteiger partial charge in [-0.05, 0) is 30.2 Å². The molecule has 0 N–H and O–H groups in total. The standard InChI is InChI=1S/C18H24/c1-18(2,17-13-6-7-14-17)15-9-8-12-16-10-4-3-5-11-16/h3-7,10-11,13-14,17H,8-9,12,15H2,1-2H3. The van der Waals surface area contributed by atoms with E-state index in [4.69, 9.17) is 0 Å². The van der Waals surface area contributed by atoms with Crippen LogP contribution in [0, 0.1) is 11.3 Å². The molecule has 0 atom stereocenters. The molecule has 0 aliphatic heterocycles. The number of rotatable bonds is 6. The van der Waals surface area contributed by atoms with Crippen molar-refractivity contribution in [3.63, 3.8) is 0 Å². The Hall–Kier alpha value is -1.30. The normalized spacial score (nSPS) is 15.4. The third-order valence-corrected chi connectivity index (χ3v) is 4.03. The van der Waals surface area contributed by atoms with Crippen LogP contribution in [0.3, 0.4) is 0 Å². The number of hydrogen-bond acceptors (Lipinski definition) is 0. The molecule has 0 aromatic heterocycles. The monoisotopic (exact) mass is 240 g/mol. The first kappa shape index (κ1) is 13.1. The second kappa shape index (κ2) is 6.04. The number of hydrogen-bond donors (Lipinski definition) is 0. The van der Waals surface area contributed by atoms with Crippen molar-refractivity contribution in [2.45, 2.75) is 39.5 Å². The van der Waals surface area contributed by atoms with Gasteiger partial charge in [0.1, 0.15) is 0 Å². The first-order valence-corrected chi connectivity index (χ1v) is 7.07. The molecule has 0 fully saturated rings. The van der Waals surface area contributed by atoms with Crippen molar-refractivity contribution >= 4 is 0 Å². The molecule has 0 unspecified atom stereocenters. The van der Waals surface area contributed by atoms with E-state index < -0.39 is 0 Å². The summed E-state index contributed by atoms with van der Waals surface area (Å²) < 4.78 is 0. The van der Waals surface area contributed by atoms with Gasteiger partial charge in [-0.3, -0.25) is 0 Å². The lowest BCUT2D eigenvalue weighted by Crippen LogP contribution is -2.19. The highest BCUT2D eigenvalue weighted by atomic mass is 14.3. The van der Waals surface area contributed by atoms with Crippen LogP contribution >= 0.6 is 0 Å². The minimum absolute atomic E-state index is 0.403. The van der Waals surface area contributed by atoms with Gasteiger partial charge in [-0.25, -0.2) is 0 Å². The summed E-state index contributed by atoms with van der Waals surface area (Å²) in [7, 11) is 0. The van der Waals surface area contributed by atoms with Gasteiger partial charge >= 0.3 is 0 Å². The zero-order valence-corrected chi connectivity index (χ0v) is 11.6. The van der Waals surface area contributed by atoms with Crippen LogP contribution in [0.4, 0.5) is 0 Å². The highest BCUT2D eigenvalue weighted by molar-refractivity contribution is 5.20. The van der Waals surface area contributed by atoms with Gasteiger partial charge in [-0.15, -0.1) is 0 Å². The van der Waals surface area contributed by atoms with E-state index in [2.05, 4.69) is 68.5 Å². The molecule has 0 radical (unpaired) electrons. The fourth-order valence-electron chi connectivity index (χ4n) is 2.67. The maximum absolute atomic E-state index is 2.39. The summed E-state index contributed by atoms with van der Waals surface area (Å²) >= 11 is 0. The van der Waals surface area contributed by atoms with Crippen molar-refractivity contribution in [3.8, 4) is 0 Å². The van der Waals surface area contributed by atoms with Gasteiger partial charge in [0, 0.05) is 5.92 Å². The Morgan fingerprint density at radius 3 is 2.28 bits per heavy atom. The Morgan fingerprint density at radius 2 is 1.61 bits per heavy atom. The molecule has 0 heterocycles. The highest BCUT2D eigenvalue weighted by Crippen LogP contribution is 2.36. The molecule has 0 saturated carbocycles.